The quantitative estimate of drug-likeness (QED) is 0.660. The third-order valence-corrected chi connectivity index (χ3v) is 6.14. The number of nitrogens with zero attached hydrogens (tertiary/aromatic N) is 4. The van der Waals surface area contributed by atoms with E-state index in [1.54, 1.807) is 16.7 Å². The Morgan fingerprint density at radius 1 is 1.14 bits per heavy atom. The first-order valence-electron chi connectivity index (χ1n) is 9.39. The van der Waals surface area contributed by atoms with E-state index in [1.165, 1.54) is 23.9 Å². The Balaban J connectivity index is 1.79. The van der Waals surface area contributed by atoms with Gasteiger partial charge in [0.05, 0.1) is 18.6 Å². The zero-order valence-electron chi connectivity index (χ0n) is 16.2. The predicted molar refractivity (Wildman–Crippen MR) is 109 cm³/mol. The fraction of sp³-hybridized carbons (Fsp3) is 0.500. The van der Waals surface area contributed by atoms with E-state index in [4.69, 9.17) is 0 Å². The van der Waals surface area contributed by atoms with Crippen molar-refractivity contribution in [3.8, 4) is 5.69 Å². The molecule has 8 nitrogen and oxygen atoms in total. The first-order valence-corrected chi connectivity index (χ1v) is 12.3. The molecule has 0 bridgehead atoms. The summed E-state index contributed by atoms with van der Waals surface area (Å²) in [5.41, 5.74) is 0.589. The summed E-state index contributed by atoms with van der Waals surface area (Å²) in [6.45, 7) is 1.48. The summed E-state index contributed by atoms with van der Waals surface area (Å²) >= 11 is 1.24. The highest BCUT2D eigenvalue weighted by Gasteiger charge is 2.20. The molecule has 1 aliphatic rings. The lowest BCUT2D eigenvalue weighted by Gasteiger charge is -2.20. The summed E-state index contributed by atoms with van der Waals surface area (Å²) in [7, 11) is -3.42. The molecule has 2 aromatic rings. The van der Waals surface area contributed by atoms with Crippen LogP contribution in [0.1, 0.15) is 31.5 Å². The van der Waals surface area contributed by atoms with Crippen molar-refractivity contribution in [2.75, 3.05) is 25.1 Å². The fourth-order valence-corrected chi connectivity index (χ4v) is 4.36. The Labute approximate surface area is 173 Å². The summed E-state index contributed by atoms with van der Waals surface area (Å²) in [5.74, 6) is 0.218. The van der Waals surface area contributed by atoms with Crippen molar-refractivity contribution in [3.05, 3.63) is 35.9 Å². The number of carbonyl (C=O) groups is 1. The van der Waals surface area contributed by atoms with E-state index in [-0.39, 0.29) is 24.0 Å². The molecule has 29 heavy (non-hydrogen) atoms. The second-order valence-electron chi connectivity index (χ2n) is 6.89. The molecule has 0 atom stereocenters. The van der Waals surface area contributed by atoms with E-state index < -0.39 is 10.0 Å². The van der Waals surface area contributed by atoms with Crippen molar-refractivity contribution in [1.82, 2.24) is 24.4 Å². The molecular formula is C18H24FN5O3S2. The summed E-state index contributed by atoms with van der Waals surface area (Å²) in [5, 5.41) is 8.65. The molecule has 158 valence electrons. The van der Waals surface area contributed by atoms with Gasteiger partial charge < -0.3 is 4.90 Å². The van der Waals surface area contributed by atoms with Crippen LogP contribution in [0, 0.1) is 5.82 Å². The molecular weight excluding hydrogens is 417 g/mol. The first kappa shape index (κ1) is 21.7. The average molecular weight is 442 g/mol. The van der Waals surface area contributed by atoms with Crippen molar-refractivity contribution in [2.24, 2.45) is 0 Å². The van der Waals surface area contributed by atoms with Crippen LogP contribution >= 0.6 is 11.8 Å². The van der Waals surface area contributed by atoms with Gasteiger partial charge in [0.1, 0.15) is 5.82 Å². The van der Waals surface area contributed by atoms with E-state index in [0.29, 0.717) is 16.7 Å². The SMILES string of the molecule is CS(=O)(=O)NCc1nnc(SCC(=O)N2CCCCCC2)n1-c1ccc(F)cc1. The Hall–Kier alpha value is -1.98. The Morgan fingerprint density at radius 3 is 2.41 bits per heavy atom. The highest BCUT2D eigenvalue weighted by atomic mass is 32.2. The van der Waals surface area contributed by atoms with Gasteiger partial charge in [-0.15, -0.1) is 10.2 Å². The van der Waals surface area contributed by atoms with Gasteiger partial charge in [-0.1, -0.05) is 24.6 Å². The summed E-state index contributed by atoms with van der Waals surface area (Å²) < 4.78 is 40.3. The van der Waals surface area contributed by atoms with Crippen molar-refractivity contribution in [3.63, 3.8) is 0 Å². The Kier molecular flexibility index (Phi) is 7.25. The average Bonchev–Trinajstić information content (AvgIpc) is 2.88. The normalized spacial score (nSPS) is 15.3. The lowest BCUT2D eigenvalue weighted by atomic mass is 10.2. The van der Waals surface area contributed by atoms with Crippen molar-refractivity contribution in [2.45, 2.75) is 37.4 Å². The molecule has 11 heteroatoms. The maximum atomic E-state index is 13.3. The van der Waals surface area contributed by atoms with Gasteiger partial charge >= 0.3 is 0 Å². The standard InChI is InChI=1S/C18H24FN5O3S2/c1-29(26,27)20-12-16-21-22-18(24(16)15-8-6-14(19)7-9-15)28-13-17(25)23-10-4-2-3-5-11-23/h6-9,20H,2-5,10-13H2,1H3. The number of rotatable bonds is 7. The third kappa shape index (κ3) is 6.25. The van der Waals surface area contributed by atoms with Gasteiger partial charge in [0.2, 0.25) is 15.9 Å². The largest absolute Gasteiger partial charge is 0.342 e. The van der Waals surface area contributed by atoms with Gasteiger partial charge in [-0.2, -0.15) is 0 Å². The number of hydrogen-bond acceptors (Lipinski definition) is 6. The van der Waals surface area contributed by atoms with Crippen molar-refractivity contribution >= 4 is 27.7 Å². The fourth-order valence-electron chi connectivity index (χ4n) is 3.09. The third-order valence-electron chi connectivity index (χ3n) is 4.56. The molecule has 0 spiro atoms. The van der Waals surface area contributed by atoms with Crippen LogP contribution in [-0.2, 0) is 21.4 Å². The van der Waals surface area contributed by atoms with Crippen LogP contribution in [0.15, 0.2) is 29.4 Å². The molecule has 1 aromatic heterocycles. The first-order chi connectivity index (χ1) is 13.8. The molecule has 1 fully saturated rings. The number of hydrogen-bond donors (Lipinski definition) is 1. The lowest BCUT2D eigenvalue weighted by molar-refractivity contribution is -0.128. The van der Waals surface area contributed by atoms with Gasteiger partial charge in [-0.25, -0.2) is 17.5 Å². The number of carbonyl (C=O) groups excluding carboxylic acids is 1. The topological polar surface area (TPSA) is 97.2 Å². The van der Waals surface area contributed by atoms with Crippen LogP contribution in [0.4, 0.5) is 4.39 Å². The molecule has 1 aromatic carbocycles. The minimum Gasteiger partial charge on any atom is -0.342 e. The maximum absolute atomic E-state index is 13.3. The summed E-state index contributed by atoms with van der Waals surface area (Å²) in [6, 6.07) is 5.73. The lowest BCUT2D eigenvalue weighted by Crippen LogP contribution is -2.33. The maximum Gasteiger partial charge on any atom is 0.233 e. The van der Waals surface area contributed by atoms with Crippen molar-refractivity contribution in [1.29, 1.82) is 0 Å². The van der Waals surface area contributed by atoms with Crippen LogP contribution in [0.25, 0.3) is 5.69 Å². The van der Waals surface area contributed by atoms with Gasteiger partial charge in [0.25, 0.3) is 0 Å². The number of halogens is 1. The Morgan fingerprint density at radius 2 is 1.79 bits per heavy atom. The molecule has 1 saturated heterocycles. The van der Waals surface area contributed by atoms with Crippen LogP contribution in [0.5, 0.6) is 0 Å². The molecule has 2 heterocycles. The number of likely N-dealkylation sites (tertiary alicyclic amines) is 1. The molecule has 3 rings (SSSR count). The second kappa shape index (κ2) is 9.68. The van der Waals surface area contributed by atoms with Crippen LogP contribution < -0.4 is 4.72 Å². The molecule has 0 aliphatic carbocycles. The van der Waals surface area contributed by atoms with Gasteiger partial charge in [0, 0.05) is 18.8 Å². The van der Waals surface area contributed by atoms with Crippen LogP contribution in [0.3, 0.4) is 0 Å². The van der Waals surface area contributed by atoms with Crippen LogP contribution in [-0.4, -0.2) is 59.1 Å². The minimum atomic E-state index is -3.42. The van der Waals surface area contributed by atoms with E-state index in [1.807, 2.05) is 4.90 Å². The van der Waals surface area contributed by atoms with E-state index in [9.17, 15) is 17.6 Å². The smallest absolute Gasteiger partial charge is 0.233 e. The minimum absolute atomic E-state index is 0.0429. The number of nitrogens with one attached hydrogen (secondary N) is 1. The van der Waals surface area contributed by atoms with E-state index >= 15 is 0 Å². The van der Waals surface area contributed by atoms with Crippen LogP contribution in [0.2, 0.25) is 0 Å². The zero-order chi connectivity index (χ0) is 20.9. The van der Waals surface area contributed by atoms with E-state index in [2.05, 4.69) is 14.9 Å². The molecule has 0 radical (unpaired) electrons. The molecule has 1 amide bonds. The van der Waals surface area contributed by atoms with E-state index in [0.717, 1.165) is 45.0 Å². The summed E-state index contributed by atoms with van der Waals surface area (Å²) in [6.07, 6.45) is 5.38. The molecule has 0 saturated carbocycles. The molecule has 0 unspecified atom stereocenters. The van der Waals surface area contributed by atoms with Gasteiger partial charge in [0.15, 0.2) is 11.0 Å². The summed E-state index contributed by atoms with van der Waals surface area (Å²) in [4.78, 5) is 14.5. The monoisotopic (exact) mass is 441 g/mol. The number of aromatic nitrogens is 3. The van der Waals surface area contributed by atoms with Gasteiger partial charge in [-0.3, -0.25) is 9.36 Å². The highest BCUT2D eigenvalue weighted by molar-refractivity contribution is 7.99. The van der Waals surface area contributed by atoms with Gasteiger partial charge in [-0.05, 0) is 37.1 Å². The highest BCUT2D eigenvalue weighted by Crippen LogP contribution is 2.23. The number of thioether (sulfide) groups is 1. The zero-order valence-corrected chi connectivity index (χ0v) is 17.8. The number of benzene rings is 1. The predicted octanol–water partition coefficient (Wildman–Crippen LogP) is 1.95. The molecule has 1 aliphatic heterocycles. The van der Waals surface area contributed by atoms with Crippen molar-refractivity contribution < 1.29 is 17.6 Å². The molecule has 1 N–H and O–H groups in total. The number of amides is 1. The second-order valence-corrected chi connectivity index (χ2v) is 9.66. The number of sulfonamides is 1. The Bertz CT molecular complexity index is 939.